The van der Waals surface area contributed by atoms with Crippen molar-refractivity contribution in [3.05, 3.63) is 0 Å². The lowest BCUT2D eigenvalue weighted by molar-refractivity contribution is -0.142. The number of carboxylic acid groups (broad SMARTS) is 1. The molecule has 0 aliphatic rings. The normalized spacial score (nSPS) is 12.0. The van der Waals surface area contributed by atoms with Crippen LogP contribution in [0.2, 0.25) is 0 Å². The molecule has 0 aliphatic heterocycles. The van der Waals surface area contributed by atoms with E-state index in [0.717, 1.165) is 6.42 Å². The molecule has 0 aliphatic carbocycles. The summed E-state index contributed by atoms with van der Waals surface area (Å²) < 4.78 is 0. The topological polar surface area (TPSA) is 37.3 Å². The number of rotatable bonds is 5. The van der Waals surface area contributed by atoms with E-state index in [9.17, 15) is 4.79 Å². The second-order valence-corrected chi connectivity index (χ2v) is 2.54. The number of hydrogen-bond acceptors (Lipinski definition) is 1. The fourth-order valence-electron chi connectivity index (χ4n) is 0.953. The maximum Gasteiger partial charge on any atom is 0.306 e. The second-order valence-electron chi connectivity index (χ2n) is 2.54. The Morgan fingerprint density at radius 3 is 2.73 bits per heavy atom. The van der Waals surface area contributed by atoms with Crippen molar-refractivity contribution < 1.29 is 9.90 Å². The highest BCUT2D eigenvalue weighted by Gasteiger charge is 2.13. The lowest BCUT2D eigenvalue weighted by Gasteiger charge is -2.06. The fourth-order valence-corrected chi connectivity index (χ4v) is 0.953. The first-order valence-electron chi connectivity index (χ1n) is 3.88. The first-order chi connectivity index (χ1) is 5.22. The average Bonchev–Trinajstić information content (AvgIpc) is 1.97. The third-order valence-electron chi connectivity index (χ3n) is 1.72. The first-order valence-corrected chi connectivity index (χ1v) is 3.88. The Morgan fingerprint density at radius 2 is 2.36 bits per heavy atom. The Morgan fingerprint density at radius 1 is 1.73 bits per heavy atom. The van der Waals surface area contributed by atoms with E-state index in [2.05, 4.69) is 5.92 Å². The molecule has 0 saturated heterocycles. The summed E-state index contributed by atoms with van der Waals surface area (Å²) in [7, 11) is 0. The van der Waals surface area contributed by atoms with Crippen LogP contribution in [0.4, 0.5) is 0 Å². The van der Waals surface area contributed by atoms with Gasteiger partial charge in [0.1, 0.15) is 0 Å². The quantitative estimate of drug-likeness (QED) is 0.485. The Hall–Kier alpha value is -0.970. The van der Waals surface area contributed by atoms with E-state index in [1.807, 2.05) is 6.92 Å². The molecular formula is C9H14O2. The van der Waals surface area contributed by atoms with Gasteiger partial charge < -0.3 is 5.11 Å². The van der Waals surface area contributed by atoms with E-state index in [1.165, 1.54) is 0 Å². The molecule has 0 fully saturated rings. The van der Waals surface area contributed by atoms with Gasteiger partial charge in [0.15, 0.2) is 0 Å². The second kappa shape index (κ2) is 5.79. The van der Waals surface area contributed by atoms with E-state index in [1.54, 1.807) is 0 Å². The van der Waals surface area contributed by atoms with Crippen molar-refractivity contribution >= 4 is 5.97 Å². The van der Waals surface area contributed by atoms with Crippen molar-refractivity contribution in [2.75, 3.05) is 0 Å². The molecule has 0 bridgehead atoms. The number of unbranched alkanes of at least 4 members (excludes halogenated alkanes) is 1. The first kappa shape index (κ1) is 10.0. The van der Waals surface area contributed by atoms with Gasteiger partial charge in [0.25, 0.3) is 0 Å². The predicted octanol–water partition coefficient (Wildman–Crippen LogP) is 1.90. The van der Waals surface area contributed by atoms with Crippen LogP contribution in [0.5, 0.6) is 0 Å². The Labute approximate surface area is 67.6 Å². The van der Waals surface area contributed by atoms with Gasteiger partial charge in [-0.15, -0.1) is 12.3 Å². The van der Waals surface area contributed by atoms with Gasteiger partial charge in [0.05, 0.1) is 5.92 Å². The molecule has 0 saturated carbocycles. The molecule has 0 aromatic heterocycles. The van der Waals surface area contributed by atoms with E-state index in [4.69, 9.17) is 11.5 Å². The van der Waals surface area contributed by atoms with Crippen LogP contribution in [0.1, 0.15) is 32.6 Å². The van der Waals surface area contributed by atoms with Crippen molar-refractivity contribution in [1.29, 1.82) is 0 Å². The standard InChI is InChI=1S/C9H14O2/c1-3-5-6-7-8(4-2)9(10)11/h1,8H,4-7H2,2H3,(H,10,11). The van der Waals surface area contributed by atoms with Gasteiger partial charge >= 0.3 is 5.97 Å². The molecule has 1 atom stereocenters. The molecule has 0 aromatic carbocycles. The number of carboxylic acids is 1. The van der Waals surface area contributed by atoms with Crippen LogP contribution < -0.4 is 0 Å². The van der Waals surface area contributed by atoms with Crippen molar-refractivity contribution in [2.45, 2.75) is 32.6 Å². The highest BCUT2D eigenvalue weighted by Crippen LogP contribution is 2.11. The van der Waals surface area contributed by atoms with Crippen LogP contribution in [-0.2, 0) is 4.79 Å². The Balaban J connectivity index is 3.54. The molecule has 0 rings (SSSR count). The Kier molecular flexibility index (Phi) is 5.28. The van der Waals surface area contributed by atoms with Crippen LogP contribution in [0, 0.1) is 18.3 Å². The lowest BCUT2D eigenvalue weighted by Crippen LogP contribution is -2.11. The van der Waals surface area contributed by atoms with Gasteiger partial charge in [-0.05, 0) is 19.3 Å². The fraction of sp³-hybridized carbons (Fsp3) is 0.667. The smallest absolute Gasteiger partial charge is 0.306 e. The van der Waals surface area contributed by atoms with Crippen molar-refractivity contribution in [3.63, 3.8) is 0 Å². The van der Waals surface area contributed by atoms with Gasteiger partial charge in [0.2, 0.25) is 0 Å². The highest BCUT2D eigenvalue weighted by molar-refractivity contribution is 5.69. The zero-order valence-corrected chi connectivity index (χ0v) is 6.84. The van der Waals surface area contributed by atoms with Crippen LogP contribution >= 0.6 is 0 Å². The predicted molar refractivity (Wildman–Crippen MR) is 44.1 cm³/mol. The van der Waals surface area contributed by atoms with E-state index in [-0.39, 0.29) is 5.92 Å². The molecule has 2 nitrogen and oxygen atoms in total. The summed E-state index contributed by atoms with van der Waals surface area (Å²) in [5, 5.41) is 8.62. The molecule has 1 unspecified atom stereocenters. The molecule has 0 aromatic rings. The summed E-state index contributed by atoms with van der Waals surface area (Å²) in [4.78, 5) is 10.5. The Bertz CT molecular complexity index is 155. The summed E-state index contributed by atoms with van der Waals surface area (Å²) in [6.07, 6.45) is 7.94. The molecule has 0 heterocycles. The van der Waals surface area contributed by atoms with Crippen molar-refractivity contribution in [1.82, 2.24) is 0 Å². The zero-order chi connectivity index (χ0) is 8.69. The van der Waals surface area contributed by atoms with E-state index >= 15 is 0 Å². The maximum absolute atomic E-state index is 10.5. The summed E-state index contributed by atoms with van der Waals surface area (Å²) in [5.74, 6) is 1.58. The third kappa shape index (κ3) is 4.44. The molecular weight excluding hydrogens is 140 g/mol. The number of aliphatic carboxylic acids is 1. The molecule has 0 radical (unpaired) electrons. The van der Waals surface area contributed by atoms with Crippen LogP contribution in [0.3, 0.4) is 0 Å². The van der Waals surface area contributed by atoms with Crippen molar-refractivity contribution in [2.24, 2.45) is 5.92 Å². The summed E-state index contributed by atoms with van der Waals surface area (Å²) >= 11 is 0. The number of hydrogen-bond donors (Lipinski definition) is 1. The van der Waals surface area contributed by atoms with E-state index < -0.39 is 5.97 Å². The zero-order valence-electron chi connectivity index (χ0n) is 6.84. The summed E-state index contributed by atoms with van der Waals surface area (Å²) in [6, 6.07) is 0. The third-order valence-corrected chi connectivity index (χ3v) is 1.72. The summed E-state index contributed by atoms with van der Waals surface area (Å²) in [6.45, 7) is 1.88. The largest absolute Gasteiger partial charge is 0.481 e. The van der Waals surface area contributed by atoms with Gasteiger partial charge in [-0.2, -0.15) is 0 Å². The molecule has 1 N–H and O–H groups in total. The van der Waals surface area contributed by atoms with Crippen molar-refractivity contribution in [3.8, 4) is 12.3 Å². The highest BCUT2D eigenvalue weighted by atomic mass is 16.4. The van der Waals surface area contributed by atoms with Gasteiger partial charge in [-0.3, -0.25) is 4.79 Å². The maximum atomic E-state index is 10.5. The minimum atomic E-state index is -0.704. The minimum Gasteiger partial charge on any atom is -0.481 e. The van der Waals surface area contributed by atoms with Gasteiger partial charge in [-0.1, -0.05) is 6.92 Å². The van der Waals surface area contributed by atoms with Crippen LogP contribution in [0.15, 0.2) is 0 Å². The minimum absolute atomic E-state index is 0.205. The molecule has 0 spiro atoms. The molecule has 2 heteroatoms. The lowest BCUT2D eigenvalue weighted by atomic mass is 10.00. The van der Waals surface area contributed by atoms with Crippen LogP contribution in [0.25, 0.3) is 0 Å². The number of carbonyl (C=O) groups is 1. The molecule has 62 valence electrons. The SMILES string of the molecule is C#CCCCC(CC)C(=O)O. The van der Waals surface area contributed by atoms with Crippen LogP contribution in [-0.4, -0.2) is 11.1 Å². The van der Waals surface area contributed by atoms with Gasteiger partial charge in [-0.25, -0.2) is 0 Å². The summed E-state index contributed by atoms with van der Waals surface area (Å²) in [5.41, 5.74) is 0. The monoisotopic (exact) mass is 154 g/mol. The average molecular weight is 154 g/mol. The van der Waals surface area contributed by atoms with Gasteiger partial charge in [0, 0.05) is 6.42 Å². The van der Waals surface area contributed by atoms with E-state index in [0.29, 0.717) is 19.3 Å². The molecule has 0 amide bonds. The number of terminal acetylenes is 1. The molecule has 11 heavy (non-hydrogen) atoms.